The third-order valence-corrected chi connectivity index (χ3v) is 7.35. The van der Waals surface area contributed by atoms with Gasteiger partial charge >= 0.3 is 0 Å². The molecule has 12 heteroatoms. The van der Waals surface area contributed by atoms with Gasteiger partial charge in [0.25, 0.3) is 5.91 Å². The van der Waals surface area contributed by atoms with Gasteiger partial charge in [-0.1, -0.05) is 13.0 Å². The molecule has 2 heterocycles. The van der Waals surface area contributed by atoms with Crippen molar-refractivity contribution < 1.29 is 22.3 Å². The van der Waals surface area contributed by atoms with Gasteiger partial charge in [0.15, 0.2) is 5.82 Å². The van der Waals surface area contributed by atoms with Crippen LogP contribution in [-0.2, 0) is 21.2 Å². The molecule has 1 saturated heterocycles. The first-order chi connectivity index (χ1) is 15.8. The van der Waals surface area contributed by atoms with Crippen molar-refractivity contribution in [2.24, 2.45) is 0 Å². The average Bonchev–Trinajstić information content (AvgIpc) is 3.26. The Morgan fingerprint density at radius 1 is 1.18 bits per heavy atom. The van der Waals surface area contributed by atoms with Crippen LogP contribution < -0.4 is 5.32 Å². The number of benzene rings is 2. The van der Waals surface area contributed by atoms with Crippen molar-refractivity contribution in [2.75, 3.05) is 31.6 Å². The molecule has 10 nitrogen and oxygen atoms in total. The second-order valence-corrected chi connectivity index (χ2v) is 9.36. The van der Waals surface area contributed by atoms with Crippen molar-refractivity contribution in [3.05, 3.63) is 59.2 Å². The number of sulfonamides is 1. The largest absolute Gasteiger partial charge is 0.379 e. The number of amides is 1. The van der Waals surface area contributed by atoms with Gasteiger partial charge in [0, 0.05) is 18.7 Å². The van der Waals surface area contributed by atoms with Crippen LogP contribution in [0.25, 0.3) is 5.69 Å². The summed E-state index contributed by atoms with van der Waals surface area (Å²) in [5.41, 5.74) is 1.08. The topological polar surface area (TPSA) is 119 Å². The summed E-state index contributed by atoms with van der Waals surface area (Å²) in [6.45, 7) is 4.66. The number of halogens is 1. The summed E-state index contributed by atoms with van der Waals surface area (Å²) in [6, 6.07) is 8.56. The first kappa shape index (κ1) is 23.0. The van der Waals surface area contributed by atoms with Crippen molar-refractivity contribution in [2.45, 2.75) is 25.2 Å². The third kappa shape index (κ3) is 4.63. The molecule has 3 aromatic rings. The highest BCUT2D eigenvalue weighted by atomic mass is 32.2. The van der Waals surface area contributed by atoms with Crippen molar-refractivity contribution in [1.82, 2.24) is 24.5 Å². The summed E-state index contributed by atoms with van der Waals surface area (Å²) in [5.74, 6) is -0.795. The second kappa shape index (κ2) is 9.33. The summed E-state index contributed by atoms with van der Waals surface area (Å²) in [4.78, 5) is 13.0. The zero-order valence-corrected chi connectivity index (χ0v) is 19.0. The lowest BCUT2D eigenvalue weighted by Crippen LogP contribution is -2.41. The van der Waals surface area contributed by atoms with Crippen LogP contribution >= 0.6 is 0 Å². The van der Waals surface area contributed by atoms with Crippen LogP contribution in [0.3, 0.4) is 0 Å². The Labute approximate surface area is 190 Å². The first-order valence-electron chi connectivity index (χ1n) is 10.4. The Kier molecular flexibility index (Phi) is 6.49. The van der Waals surface area contributed by atoms with Gasteiger partial charge in [-0.05, 0) is 59.7 Å². The van der Waals surface area contributed by atoms with Crippen LogP contribution in [-0.4, -0.2) is 65.1 Å². The molecule has 1 aromatic heterocycles. The number of aryl methyl sites for hydroxylation is 2. The Bertz CT molecular complexity index is 1290. The standard InChI is InChI=1S/C21H23FN6O4S/c1-3-15-4-5-16(12-20(15)33(30,31)27-8-10-32-11-9-27)21(29)23-19-13-17(6-7-18(19)22)28-14(2)24-25-26-28/h4-7,12-13H,3,8-11H2,1-2H3,(H,23,29). The molecule has 1 N–H and O–H groups in total. The van der Waals surface area contributed by atoms with E-state index in [1.807, 2.05) is 6.92 Å². The molecule has 1 aliphatic rings. The Morgan fingerprint density at radius 3 is 2.61 bits per heavy atom. The average molecular weight is 475 g/mol. The number of hydrogen-bond acceptors (Lipinski definition) is 7. The number of ether oxygens (including phenoxy) is 1. The molecule has 33 heavy (non-hydrogen) atoms. The first-order valence-corrected chi connectivity index (χ1v) is 11.8. The number of morpholine rings is 1. The van der Waals surface area contributed by atoms with Gasteiger partial charge in [-0.3, -0.25) is 4.79 Å². The summed E-state index contributed by atoms with van der Waals surface area (Å²) < 4.78 is 48.9. The number of rotatable bonds is 6. The van der Waals surface area contributed by atoms with Crippen LogP contribution in [0.2, 0.25) is 0 Å². The van der Waals surface area contributed by atoms with Crippen LogP contribution in [0.15, 0.2) is 41.3 Å². The quantitative estimate of drug-likeness (QED) is 0.580. The number of nitrogens with one attached hydrogen (secondary N) is 1. The predicted molar refractivity (Wildman–Crippen MR) is 117 cm³/mol. The fourth-order valence-electron chi connectivity index (χ4n) is 3.56. The fraction of sp³-hybridized carbons (Fsp3) is 0.333. The van der Waals surface area contributed by atoms with E-state index >= 15 is 0 Å². The molecule has 1 fully saturated rings. The summed E-state index contributed by atoms with van der Waals surface area (Å²) in [7, 11) is -3.81. The van der Waals surface area contributed by atoms with Gasteiger partial charge < -0.3 is 10.1 Å². The van der Waals surface area contributed by atoms with Crippen molar-refractivity contribution in [1.29, 1.82) is 0 Å². The van der Waals surface area contributed by atoms with Gasteiger partial charge in [0.05, 0.1) is 29.5 Å². The van der Waals surface area contributed by atoms with Crippen LogP contribution in [0.4, 0.5) is 10.1 Å². The van der Waals surface area contributed by atoms with E-state index in [9.17, 15) is 17.6 Å². The lowest BCUT2D eigenvalue weighted by Gasteiger charge is -2.27. The SMILES string of the molecule is CCc1ccc(C(=O)Nc2cc(-n3nnnc3C)ccc2F)cc1S(=O)(=O)N1CCOCC1. The van der Waals surface area contributed by atoms with Crippen LogP contribution in [0, 0.1) is 12.7 Å². The molecule has 0 spiro atoms. The molecule has 4 rings (SSSR count). The van der Waals surface area contributed by atoms with Crippen molar-refractivity contribution in [3.8, 4) is 5.69 Å². The molecule has 1 aliphatic heterocycles. The monoisotopic (exact) mass is 474 g/mol. The molecule has 0 saturated carbocycles. The number of nitrogens with zero attached hydrogens (tertiary/aromatic N) is 5. The molecular formula is C21H23FN6O4S. The molecular weight excluding hydrogens is 451 g/mol. The Morgan fingerprint density at radius 2 is 1.94 bits per heavy atom. The highest BCUT2D eigenvalue weighted by Crippen LogP contribution is 2.25. The number of aromatic nitrogens is 4. The Hall–Kier alpha value is -3.22. The molecule has 0 atom stereocenters. The van der Waals surface area contributed by atoms with Gasteiger partial charge in [-0.2, -0.15) is 8.99 Å². The van der Waals surface area contributed by atoms with E-state index in [0.717, 1.165) is 0 Å². The fourth-order valence-corrected chi connectivity index (χ4v) is 5.29. The van der Waals surface area contributed by atoms with E-state index in [1.54, 1.807) is 13.0 Å². The summed E-state index contributed by atoms with van der Waals surface area (Å²) >= 11 is 0. The van der Waals surface area contributed by atoms with E-state index in [2.05, 4.69) is 20.8 Å². The van der Waals surface area contributed by atoms with E-state index in [-0.39, 0.29) is 29.2 Å². The van der Waals surface area contributed by atoms with Gasteiger partial charge in [0.1, 0.15) is 5.82 Å². The molecule has 0 unspecified atom stereocenters. The molecule has 2 aromatic carbocycles. The highest BCUT2D eigenvalue weighted by Gasteiger charge is 2.29. The maximum Gasteiger partial charge on any atom is 0.255 e. The number of hydrogen-bond donors (Lipinski definition) is 1. The molecule has 0 bridgehead atoms. The number of carbonyl (C=O) groups excluding carboxylic acids is 1. The number of tetrazole rings is 1. The zero-order chi connectivity index (χ0) is 23.6. The highest BCUT2D eigenvalue weighted by molar-refractivity contribution is 7.89. The molecule has 174 valence electrons. The smallest absolute Gasteiger partial charge is 0.255 e. The maximum absolute atomic E-state index is 14.4. The van der Waals surface area contributed by atoms with Crippen LogP contribution in [0.5, 0.6) is 0 Å². The maximum atomic E-state index is 14.4. The van der Waals surface area contributed by atoms with E-state index in [0.29, 0.717) is 36.7 Å². The van der Waals surface area contributed by atoms with E-state index in [4.69, 9.17) is 4.74 Å². The lowest BCUT2D eigenvalue weighted by molar-refractivity contribution is 0.0730. The van der Waals surface area contributed by atoms with Crippen LogP contribution in [0.1, 0.15) is 28.7 Å². The minimum atomic E-state index is -3.81. The van der Waals surface area contributed by atoms with Crippen molar-refractivity contribution >= 4 is 21.6 Å². The molecule has 1 amide bonds. The molecule has 0 aliphatic carbocycles. The number of carbonyl (C=O) groups is 1. The lowest BCUT2D eigenvalue weighted by atomic mass is 10.1. The summed E-state index contributed by atoms with van der Waals surface area (Å²) in [5, 5.41) is 13.7. The minimum absolute atomic E-state index is 0.0677. The summed E-state index contributed by atoms with van der Waals surface area (Å²) in [6.07, 6.45) is 0.475. The third-order valence-electron chi connectivity index (χ3n) is 5.37. The van der Waals surface area contributed by atoms with E-state index < -0.39 is 21.7 Å². The predicted octanol–water partition coefficient (Wildman–Crippen LogP) is 1.95. The van der Waals surface area contributed by atoms with Crippen molar-refractivity contribution in [3.63, 3.8) is 0 Å². The Balaban J connectivity index is 1.64. The van der Waals surface area contributed by atoms with Gasteiger partial charge in [-0.15, -0.1) is 5.10 Å². The minimum Gasteiger partial charge on any atom is -0.379 e. The normalized spacial score (nSPS) is 14.9. The number of anilines is 1. The molecule has 0 radical (unpaired) electrons. The zero-order valence-electron chi connectivity index (χ0n) is 18.2. The van der Waals surface area contributed by atoms with Gasteiger partial charge in [0.2, 0.25) is 10.0 Å². The van der Waals surface area contributed by atoms with Gasteiger partial charge in [-0.25, -0.2) is 12.8 Å². The second-order valence-electron chi connectivity index (χ2n) is 7.45. The van der Waals surface area contributed by atoms with E-state index in [1.165, 1.54) is 39.3 Å².